The van der Waals surface area contributed by atoms with Crippen LogP contribution in [0.2, 0.25) is 0 Å². The first-order valence-electron chi connectivity index (χ1n) is 5.56. The first-order valence-corrected chi connectivity index (χ1v) is 5.56. The quantitative estimate of drug-likeness (QED) is 0.647. The highest BCUT2D eigenvalue weighted by Gasteiger charge is 2.24. The van der Waals surface area contributed by atoms with Crippen LogP contribution in [-0.4, -0.2) is 60.5 Å². The number of hydrogen-bond acceptors (Lipinski definition) is 3. The van der Waals surface area contributed by atoms with Gasteiger partial charge < -0.3 is 14.9 Å². The van der Waals surface area contributed by atoms with E-state index in [0.29, 0.717) is 13.1 Å². The number of amides is 1. The molecule has 0 aromatic heterocycles. The normalized spacial score (nSPS) is 12.6. The van der Waals surface area contributed by atoms with Crippen molar-refractivity contribution in [1.29, 1.82) is 0 Å². The van der Waals surface area contributed by atoms with Gasteiger partial charge >= 0.3 is 5.97 Å². The summed E-state index contributed by atoms with van der Waals surface area (Å²) in [6.45, 7) is 5.36. The van der Waals surface area contributed by atoms with Crippen molar-refractivity contribution in [2.24, 2.45) is 5.92 Å². The summed E-state index contributed by atoms with van der Waals surface area (Å²) in [5.74, 6) is -2.30. The Hall–Kier alpha value is -1.10. The van der Waals surface area contributed by atoms with Crippen molar-refractivity contribution in [2.75, 3.05) is 33.7 Å². The van der Waals surface area contributed by atoms with Crippen molar-refractivity contribution in [3.05, 3.63) is 0 Å². The van der Waals surface area contributed by atoms with E-state index in [1.807, 2.05) is 25.9 Å². The predicted molar refractivity (Wildman–Crippen MR) is 62.2 cm³/mol. The topological polar surface area (TPSA) is 60.9 Å². The minimum atomic E-state index is -1.06. The zero-order valence-electron chi connectivity index (χ0n) is 10.6. The molecule has 1 atom stereocenters. The first-order chi connectivity index (χ1) is 7.40. The van der Waals surface area contributed by atoms with Crippen molar-refractivity contribution in [1.82, 2.24) is 9.80 Å². The molecule has 0 aliphatic heterocycles. The molecule has 0 aliphatic rings. The van der Waals surface area contributed by atoms with E-state index in [0.717, 1.165) is 13.0 Å². The molecule has 94 valence electrons. The summed E-state index contributed by atoms with van der Waals surface area (Å²) in [5, 5.41) is 8.75. The van der Waals surface area contributed by atoms with E-state index in [4.69, 9.17) is 5.11 Å². The Morgan fingerprint density at radius 2 is 1.81 bits per heavy atom. The molecule has 0 aromatic carbocycles. The van der Waals surface area contributed by atoms with Gasteiger partial charge in [-0.1, -0.05) is 0 Å². The molecule has 0 radical (unpaired) electrons. The van der Waals surface area contributed by atoms with Crippen molar-refractivity contribution >= 4 is 11.9 Å². The summed E-state index contributed by atoms with van der Waals surface area (Å²) in [5.41, 5.74) is 0. The van der Waals surface area contributed by atoms with E-state index in [2.05, 4.69) is 0 Å². The van der Waals surface area contributed by atoms with Crippen molar-refractivity contribution in [3.8, 4) is 0 Å². The van der Waals surface area contributed by atoms with E-state index in [9.17, 15) is 9.59 Å². The van der Waals surface area contributed by atoms with Crippen LogP contribution in [-0.2, 0) is 9.59 Å². The molecule has 0 fully saturated rings. The second-order valence-electron chi connectivity index (χ2n) is 4.13. The van der Waals surface area contributed by atoms with Crippen molar-refractivity contribution < 1.29 is 14.7 Å². The third kappa shape index (κ3) is 5.11. The molecule has 0 aromatic rings. The van der Waals surface area contributed by atoms with E-state index in [1.165, 1.54) is 6.92 Å². The van der Waals surface area contributed by atoms with Crippen molar-refractivity contribution in [2.45, 2.75) is 20.3 Å². The predicted octanol–water partition coefficient (Wildman–Crippen LogP) is 0.507. The van der Waals surface area contributed by atoms with Crippen LogP contribution in [0.5, 0.6) is 0 Å². The highest BCUT2D eigenvalue weighted by atomic mass is 16.4. The van der Waals surface area contributed by atoms with E-state index < -0.39 is 11.9 Å². The van der Waals surface area contributed by atoms with Gasteiger partial charge in [-0.2, -0.15) is 0 Å². The molecule has 0 heterocycles. The average Bonchev–Trinajstić information content (AvgIpc) is 2.21. The Kier molecular flexibility index (Phi) is 6.72. The smallest absolute Gasteiger partial charge is 0.315 e. The van der Waals surface area contributed by atoms with Crippen LogP contribution in [0.1, 0.15) is 20.3 Å². The number of nitrogens with zero attached hydrogens (tertiary/aromatic N) is 2. The molecule has 0 spiro atoms. The first kappa shape index (κ1) is 14.9. The molecule has 0 saturated heterocycles. The number of rotatable bonds is 7. The highest BCUT2D eigenvalue weighted by Crippen LogP contribution is 2.04. The number of carboxylic acid groups (broad SMARTS) is 1. The average molecular weight is 230 g/mol. The van der Waals surface area contributed by atoms with Gasteiger partial charge in [-0.05, 0) is 40.9 Å². The maximum atomic E-state index is 11.7. The lowest BCUT2D eigenvalue weighted by Gasteiger charge is -2.23. The molecule has 5 heteroatoms. The molecule has 5 nitrogen and oxygen atoms in total. The van der Waals surface area contributed by atoms with Gasteiger partial charge in [0.2, 0.25) is 5.91 Å². The van der Waals surface area contributed by atoms with Crippen LogP contribution in [0.3, 0.4) is 0 Å². The molecule has 0 rings (SSSR count). The standard InChI is InChI=1S/C11H22N2O3/c1-5-13(8-6-7-12(3)4)10(14)9(2)11(15)16/h9H,5-8H2,1-4H3,(H,15,16). The minimum Gasteiger partial charge on any atom is -0.481 e. The van der Waals surface area contributed by atoms with E-state index in [-0.39, 0.29) is 5.91 Å². The Labute approximate surface area is 97.0 Å². The largest absolute Gasteiger partial charge is 0.481 e. The Balaban J connectivity index is 4.17. The van der Waals surface area contributed by atoms with Crippen LogP contribution in [0.25, 0.3) is 0 Å². The van der Waals surface area contributed by atoms with Gasteiger partial charge in [-0.3, -0.25) is 9.59 Å². The lowest BCUT2D eigenvalue weighted by atomic mass is 10.1. The van der Waals surface area contributed by atoms with Gasteiger partial charge in [0.05, 0.1) is 0 Å². The fraction of sp³-hybridized carbons (Fsp3) is 0.818. The van der Waals surface area contributed by atoms with Crippen LogP contribution >= 0.6 is 0 Å². The number of carbonyl (C=O) groups excluding carboxylic acids is 1. The maximum Gasteiger partial charge on any atom is 0.315 e. The van der Waals surface area contributed by atoms with Gasteiger partial charge in [-0.25, -0.2) is 0 Å². The Morgan fingerprint density at radius 3 is 2.19 bits per heavy atom. The summed E-state index contributed by atoms with van der Waals surface area (Å²) >= 11 is 0. The Bertz CT molecular complexity index is 241. The summed E-state index contributed by atoms with van der Waals surface area (Å²) < 4.78 is 0. The lowest BCUT2D eigenvalue weighted by molar-refractivity contribution is -0.150. The van der Waals surface area contributed by atoms with Crippen molar-refractivity contribution in [3.63, 3.8) is 0 Å². The number of carboxylic acids is 1. The molecule has 0 bridgehead atoms. The molecule has 0 aliphatic carbocycles. The van der Waals surface area contributed by atoms with Gasteiger partial charge in [0.15, 0.2) is 0 Å². The molecule has 1 unspecified atom stereocenters. The van der Waals surface area contributed by atoms with E-state index in [1.54, 1.807) is 4.90 Å². The van der Waals surface area contributed by atoms with Crippen LogP contribution < -0.4 is 0 Å². The zero-order valence-corrected chi connectivity index (χ0v) is 10.6. The summed E-state index contributed by atoms with van der Waals surface area (Å²) in [4.78, 5) is 26.1. The molecule has 1 amide bonds. The molecular formula is C11H22N2O3. The number of aliphatic carboxylic acids is 1. The van der Waals surface area contributed by atoms with Gasteiger partial charge in [0.1, 0.15) is 5.92 Å². The lowest BCUT2D eigenvalue weighted by Crippen LogP contribution is -2.39. The fourth-order valence-corrected chi connectivity index (χ4v) is 1.38. The monoisotopic (exact) mass is 230 g/mol. The molecule has 0 saturated carbocycles. The second-order valence-corrected chi connectivity index (χ2v) is 4.13. The number of hydrogen-bond donors (Lipinski definition) is 1. The summed E-state index contributed by atoms with van der Waals surface area (Å²) in [6, 6.07) is 0. The molecule has 16 heavy (non-hydrogen) atoms. The molecule has 1 N–H and O–H groups in total. The fourth-order valence-electron chi connectivity index (χ4n) is 1.38. The van der Waals surface area contributed by atoms with Crippen LogP contribution in [0.4, 0.5) is 0 Å². The third-order valence-corrected chi connectivity index (χ3v) is 2.47. The minimum absolute atomic E-state index is 0.297. The van der Waals surface area contributed by atoms with Gasteiger partial charge in [0, 0.05) is 13.1 Å². The van der Waals surface area contributed by atoms with Gasteiger partial charge in [0.25, 0.3) is 0 Å². The zero-order chi connectivity index (χ0) is 12.7. The Morgan fingerprint density at radius 1 is 1.25 bits per heavy atom. The van der Waals surface area contributed by atoms with E-state index >= 15 is 0 Å². The highest BCUT2D eigenvalue weighted by molar-refractivity contribution is 5.96. The SMILES string of the molecule is CCN(CCCN(C)C)C(=O)C(C)C(=O)O. The maximum absolute atomic E-state index is 11.7. The third-order valence-electron chi connectivity index (χ3n) is 2.47. The van der Waals surface area contributed by atoms with Gasteiger partial charge in [-0.15, -0.1) is 0 Å². The second kappa shape index (κ2) is 7.22. The van der Waals surface area contributed by atoms with Crippen LogP contribution in [0, 0.1) is 5.92 Å². The summed E-state index contributed by atoms with van der Waals surface area (Å²) in [6.07, 6.45) is 0.860. The number of carbonyl (C=O) groups is 2. The van der Waals surface area contributed by atoms with Crippen LogP contribution in [0.15, 0.2) is 0 Å². The molecular weight excluding hydrogens is 208 g/mol. The summed E-state index contributed by atoms with van der Waals surface area (Å²) in [7, 11) is 3.94.